The first kappa shape index (κ1) is 12.7. The molecule has 0 aliphatic rings. The Hall–Kier alpha value is -1.75. The van der Waals surface area contributed by atoms with E-state index < -0.39 is 0 Å². The Kier molecular flexibility index (Phi) is 4.04. The summed E-state index contributed by atoms with van der Waals surface area (Å²) in [5, 5.41) is 11.6. The van der Waals surface area contributed by atoms with Gasteiger partial charge < -0.3 is 5.32 Å². The maximum absolute atomic E-state index is 4.26. The summed E-state index contributed by atoms with van der Waals surface area (Å²) in [5.74, 6) is 0. The average molecular weight is 245 g/mol. The fourth-order valence-electron chi connectivity index (χ4n) is 2.07. The maximum Gasteiger partial charge on any atom is 0.0802 e. The van der Waals surface area contributed by atoms with Crippen molar-refractivity contribution in [3.05, 3.63) is 41.5 Å². The van der Waals surface area contributed by atoms with Crippen LogP contribution in [0.4, 0.5) is 0 Å². The van der Waals surface area contributed by atoms with Gasteiger partial charge in [0, 0.05) is 18.9 Å². The van der Waals surface area contributed by atoms with Crippen molar-refractivity contribution in [3.63, 3.8) is 0 Å². The van der Waals surface area contributed by atoms with E-state index in [0.717, 1.165) is 29.9 Å². The summed E-state index contributed by atoms with van der Waals surface area (Å²) in [5.41, 5.74) is 3.38. The lowest BCUT2D eigenvalue weighted by molar-refractivity contribution is 0.533. The van der Waals surface area contributed by atoms with Gasteiger partial charge in [-0.15, -0.1) is 5.10 Å². The fraction of sp³-hybridized carbons (Fsp3) is 0.462. The third-order valence-electron chi connectivity index (χ3n) is 2.88. The summed E-state index contributed by atoms with van der Waals surface area (Å²) in [4.78, 5) is 4.26. The zero-order valence-electron chi connectivity index (χ0n) is 11.1. The van der Waals surface area contributed by atoms with Crippen LogP contribution in [-0.2, 0) is 6.54 Å². The Morgan fingerprint density at radius 1 is 1.28 bits per heavy atom. The highest BCUT2D eigenvalue weighted by atomic mass is 15.4. The number of pyridine rings is 1. The maximum atomic E-state index is 4.26. The molecule has 0 saturated heterocycles. The molecule has 2 aromatic heterocycles. The van der Waals surface area contributed by atoms with Crippen LogP contribution in [0.5, 0.6) is 0 Å². The molecule has 0 aliphatic heterocycles. The van der Waals surface area contributed by atoms with E-state index in [-0.39, 0.29) is 6.04 Å². The van der Waals surface area contributed by atoms with Crippen molar-refractivity contribution in [1.29, 1.82) is 0 Å². The van der Waals surface area contributed by atoms with Crippen LogP contribution in [0.25, 0.3) is 0 Å². The number of rotatable bonds is 5. The van der Waals surface area contributed by atoms with Crippen LogP contribution in [0.3, 0.4) is 0 Å². The predicted molar refractivity (Wildman–Crippen MR) is 70.2 cm³/mol. The quantitative estimate of drug-likeness (QED) is 0.871. The number of aromatic nitrogens is 4. The Morgan fingerprint density at radius 3 is 2.78 bits per heavy atom. The third-order valence-corrected chi connectivity index (χ3v) is 2.88. The molecule has 0 saturated carbocycles. The standard InChI is InChI=1S/C13H19N5/c1-4-15-13(11-6-10(3)7-14-8-11)12-9-16-17-18(12)5-2/h6-9,13,15H,4-5H2,1-3H3. The molecule has 1 atom stereocenters. The van der Waals surface area contributed by atoms with E-state index in [0.29, 0.717) is 0 Å². The molecule has 2 aromatic rings. The van der Waals surface area contributed by atoms with Gasteiger partial charge in [0.1, 0.15) is 0 Å². The topological polar surface area (TPSA) is 55.6 Å². The van der Waals surface area contributed by atoms with Gasteiger partial charge in [0.25, 0.3) is 0 Å². The van der Waals surface area contributed by atoms with E-state index in [1.165, 1.54) is 0 Å². The second kappa shape index (κ2) is 5.73. The van der Waals surface area contributed by atoms with Crippen LogP contribution >= 0.6 is 0 Å². The molecule has 0 bridgehead atoms. The molecule has 0 aromatic carbocycles. The van der Waals surface area contributed by atoms with Gasteiger partial charge in [-0.05, 0) is 31.5 Å². The Labute approximate surface area is 107 Å². The van der Waals surface area contributed by atoms with Crippen LogP contribution in [0, 0.1) is 6.92 Å². The molecule has 0 amide bonds. The zero-order chi connectivity index (χ0) is 13.0. The molecule has 96 valence electrons. The van der Waals surface area contributed by atoms with Gasteiger partial charge in [-0.2, -0.15) is 0 Å². The number of nitrogens with one attached hydrogen (secondary N) is 1. The van der Waals surface area contributed by atoms with Gasteiger partial charge in [-0.1, -0.05) is 18.2 Å². The van der Waals surface area contributed by atoms with Crippen LogP contribution in [0.1, 0.15) is 36.7 Å². The molecule has 1 unspecified atom stereocenters. The predicted octanol–water partition coefficient (Wildman–Crippen LogP) is 1.70. The molecule has 5 heteroatoms. The molecule has 2 heterocycles. The highest BCUT2D eigenvalue weighted by Crippen LogP contribution is 2.21. The first-order valence-electron chi connectivity index (χ1n) is 6.29. The lowest BCUT2D eigenvalue weighted by Crippen LogP contribution is -2.25. The van der Waals surface area contributed by atoms with Gasteiger partial charge >= 0.3 is 0 Å². The molecule has 1 N–H and O–H groups in total. The molecular formula is C13H19N5. The van der Waals surface area contributed by atoms with Crippen molar-refractivity contribution in [2.75, 3.05) is 6.54 Å². The van der Waals surface area contributed by atoms with E-state index in [2.05, 4.69) is 47.5 Å². The Bertz CT molecular complexity index is 506. The van der Waals surface area contributed by atoms with Crippen molar-refractivity contribution >= 4 is 0 Å². The number of hydrogen-bond donors (Lipinski definition) is 1. The smallest absolute Gasteiger partial charge is 0.0802 e. The molecule has 0 aliphatic carbocycles. The zero-order valence-corrected chi connectivity index (χ0v) is 11.1. The third kappa shape index (κ3) is 2.56. The van der Waals surface area contributed by atoms with Crippen molar-refractivity contribution in [3.8, 4) is 0 Å². The van der Waals surface area contributed by atoms with Gasteiger partial charge in [-0.3, -0.25) is 4.98 Å². The van der Waals surface area contributed by atoms with Crippen LogP contribution < -0.4 is 5.32 Å². The molecule has 0 radical (unpaired) electrons. The minimum atomic E-state index is 0.0948. The number of nitrogens with zero attached hydrogens (tertiary/aromatic N) is 4. The summed E-state index contributed by atoms with van der Waals surface area (Å²) >= 11 is 0. The molecular weight excluding hydrogens is 226 g/mol. The Balaban J connectivity index is 2.39. The van der Waals surface area contributed by atoms with Crippen LogP contribution in [0.15, 0.2) is 24.7 Å². The fourth-order valence-corrected chi connectivity index (χ4v) is 2.07. The Morgan fingerprint density at radius 2 is 2.11 bits per heavy atom. The SMILES string of the molecule is CCNC(c1cncc(C)c1)c1cnnn1CC. The first-order valence-corrected chi connectivity index (χ1v) is 6.29. The molecule has 0 fully saturated rings. The summed E-state index contributed by atoms with van der Waals surface area (Å²) in [7, 11) is 0. The molecule has 2 rings (SSSR count). The number of aryl methyl sites for hydroxylation is 2. The van der Waals surface area contributed by atoms with Crippen molar-refractivity contribution in [1.82, 2.24) is 25.3 Å². The monoisotopic (exact) mass is 245 g/mol. The van der Waals surface area contributed by atoms with Crippen molar-refractivity contribution in [2.45, 2.75) is 33.4 Å². The highest BCUT2D eigenvalue weighted by molar-refractivity contribution is 5.27. The van der Waals surface area contributed by atoms with E-state index in [4.69, 9.17) is 0 Å². The van der Waals surface area contributed by atoms with Gasteiger partial charge in [0.2, 0.25) is 0 Å². The summed E-state index contributed by atoms with van der Waals surface area (Å²) in [6.07, 6.45) is 5.58. The van der Waals surface area contributed by atoms with Crippen molar-refractivity contribution < 1.29 is 0 Å². The number of hydrogen-bond acceptors (Lipinski definition) is 4. The normalized spacial score (nSPS) is 12.6. The van der Waals surface area contributed by atoms with E-state index >= 15 is 0 Å². The largest absolute Gasteiger partial charge is 0.305 e. The minimum absolute atomic E-state index is 0.0948. The van der Waals surface area contributed by atoms with Gasteiger partial charge in [0.15, 0.2) is 0 Å². The second-order valence-electron chi connectivity index (χ2n) is 4.26. The molecule has 5 nitrogen and oxygen atoms in total. The molecule has 18 heavy (non-hydrogen) atoms. The summed E-state index contributed by atoms with van der Waals surface area (Å²) in [6, 6.07) is 2.24. The lowest BCUT2D eigenvalue weighted by Gasteiger charge is -2.18. The first-order chi connectivity index (χ1) is 8.76. The van der Waals surface area contributed by atoms with Crippen LogP contribution in [0.2, 0.25) is 0 Å². The second-order valence-corrected chi connectivity index (χ2v) is 4.26. The van der Waals surface area contributed by atoms with Gasteiger partial charge in [0.05, 0.1) is 17.9 Å². The average Bonchev–Trinajstić information content (AvgIpc) is 2.84. The lowest BCUT2D eigenvalue weighted by atomic mass is 10.0. The summed E-state index contributed by atoms with van der Waals surface area (Å²) < 4.78 is 1.91. The van der Waals surface area contributed by atoms with Crippen molar-refractivity contribution in [2.24, 2.45) is 0 Å². The highest BCUT2D eigenvalue weighted by Gasteiger charge is 2.18. The summed E-state index contributed by atoms with van der Waals surface area (Å²) in [6.45, 7) is 7.91. The van der Waals surface area contributed by atoms with E-state index in [9.17, 15) is 0 Å². The van der Waals surface area contributed by atoms with E-state index in [1.807, 2.05) is 23.3 Å². The van der Waals surface area contributed by atoms with Crippen LogP contribution in [-0.4, -0.2) is 26.5 Å². The molecule has 0 spiro atoms. The van der Waals surface area contributed by atoms with E-state index in [1.54, 1.807) is 0 Å². The van der Waals surface area contributed by atoms with Gasteiger partial charge in [-0.25, -0.2) is 4.68 Å². The minimum Gasteiger partial charge on any atom is -0.305 e.